The molecule has 1 amide bonds. The Morgan fingerprint density at radius 1 is 1.00 bits per heavy atom. The van der Waals surface area contributed by atoms with Crippen molar-refractivity contribution in [1.29, 1.82) is 0 Å². The van der Waals surface area contributed by atoms with Gasteiger partial charge in [0.2, 0.25) is 5.91 Å². The molecule has 0 atom stereocenters. The first-order valence-corrected chi connectivity index (χ1v) is 11.6. The van der Waals surface area contributed by atoms with Gasteiger partial charge in [-0.15, -0.1) is 4.40 Å². The first-order chi connectivity index (χ1) is 15.2. The Kier molecular flexibility index (Phi) is 5.60. The van der Waals surface area contributed by atoms with Gasteiger partial charge in [-0.1, -0.05) is 30.3 Å². The maximum Gasteiger partial charge on any atom is 0.285 e. The third-order valence-electron chi connectivity index (χ3n) is 5.61. The molecule has 0 N–H and O–H groups in total. The predicted molar refractivity (Wildman–Crippen MR) is 122 cm³/mol. The number of para-hydroxylation sites is 1. The van der Waals surface area contributed by atoms with Crippen molar-refractivity contribution < 1.29 is 13.2 Å². The maximum atomic E-state index is 12.9. The summed E-state index contributed by atoms with van der Waals surface area (Å²) in [5, 5.41) is 4.64. The molecule has 32 heavy (non-hydrogen) atoms. The fourth-order valence-corrected chi connectivity index (χ4v) is 5.06. The highest BCUT2D eigenvalue weighted by molar-refractivity contribution is 7.90. The molecule has 1 aliphatic heterocycles. The number of aromatic nitrogens is 2. The second-order valence-electron chi connectivity index (χ2n) is 7.89. The van der Waals surface area contributed by atoms with Gasteiger partial charge in [0.05, 0.1) is 17.9 Å². The van der Waals surface area contributed by atoms with E-state index in [2.05, 4.69) is 9.50 Å². The summed E-state index contributed by atoms with van der Waals surface area (Å²) in [6, 6.07) is 16.5. The molecule has 1 aliphatic rings. The largest absolute Gasteiger partial charge is 0.349 e. The Hall–Kier alpha value is -3.46. The summed E-state index contributed by atoms with van der Waals surface area (Å²) in [5.41, 5.74) is 4.30. The lowest BCUT2D eigenvalue weighted by molar-refractivity contribution is -0.130. The van der Waals surface area contributed by atoms with Crippen LogP contribution in [0.3, 0.4) is 0 Å². The van der Waals surface area contributed by atoms with Gasteiger partial charge in [-0.05, 0) is 38.1 Å². The number of likely N-dealkylation sites (N-methyl/N-ethyl adjacent to an activating group) is 2. The summed E-state index contributed by atoms with van der Waals surface area (Å²) < 4.78 is 30.4. The molecule has 3 aromatic rings. The summed E-state index contributed by atoms with van der Waals surface area (Å²) in [5.74, 6) is 0.134. The van der Waals surface area contributed by atoms with Crippen molar-refractivity contribution >= 4 is 21.8 Å². The SMILES string of the molecule is Cc1nn(-c2ccccc2)c(C)c1CN(C)C(=O)CN(C)C1=NS(=O)(=O)c2ccccc21. The van der Waals surface area contributed by atoms with Crippen LogP contribution >= 0.6 is 0 Å². The molecule has 0 saturated heterocycles. The molecular weight excluding hydrogens is 426 g/mol. The van der Waals surface area contributed by atoms with Crippen molar-refractivity contribution in [3.05, 3.63) is 77.1 Å². The van der Waals surface area contributed by atoms with E-state index in [1.807, 2.05) is 48.9 Å². The van der Waals surface area contributed by atoms with Gasteiger partial charge >= 0.3 is 0 Å². The van der Waals surface area contributed by atoms with E-state index in [-0.39, 0.29) is 23.2 Å². The molecule has 0 bridgehead atoms. The number of hydrogen-bond donors (Lipinski definition) is 0. The number of hydrogen-bond acceptors (Lipinski definition) is 5. The Labute approximate surface area is 187 Å². The first-order valence-electron chi connectivity index (χ1n) is 10.2. The molecule has 8 nitrogen and oxygen atoms in total. The lowest BCUT2D eigenvalue weighted by atomic mass is 10.1. The van der Waals surface area contributed by atoms with E-state index in [0.29, 0.717) is 12.1 Å². The van der Waals surface area contributed by atoms with Crippen LogP contribution in [-0.4, -0.2) is 60.4 Å². The summed E-state index contributed by atoms with van der Waals surface area (Å²) in [4.78, 5) is 16.3. The van der Waals surface area contributed by atoms with Crippen molar-refractivity contribution in [3.8, 4) is 5.69 Å². The van der Waals surface area contributed by atoms with Gasteiger partial charge < -0.3 is 9.80 Å². The van der Waals surface area contributed by atoms with E-state index in [4.69, 9.17) is 0 Å². The van der Waals surface area contributed by atoms with Crippen LogP contribution in [0, 0.1) is 13.8 Å². The minimum absolute atomic E-state index is 0.00407. The van der Waals surface area contributed by atoms with Crippen LogP contribution in [0.1, 0.15) is 22.5 Å². The molecule has 0 fully saturated rings. The van der Waals surface area contributed by atoms with Crippen LogP contribution in [0.25, 0.3) is 5.69 Å². The van der Waals surface area contributed by atoms with Crippen molar-refractivity contribution in [2.45, 2.75) is 25.3 Å². The van der Waals surface area contributed by atoms with E-state index in [1.54, 1.807) is 42.1 Å². The van der Waals surface area contributed by atoms with E-state index in [1.165, 1.54) is 6.07 Å². The number of rotatable bonds is 5. The first kappa shape index (κ1) is 21.8. The van der Waals surface area contributed by atoms with Gasteiger partial charge in [0, 0.05) is 37.5 Å². The average Bonchev–Trinajstić information content (AvgIpc) is 3.22. The Balaban J connectivity index is 1.50. The number of benzene rings is 2. The molecule has 0 saturated carbocycles. The minimum atomic E-state index is -3.73. The number of amidine groups is 1. The van der Waals surface area contributed by atoms with Crippen LogP contribution in [0.5, 0.6) is 0 Å². The molecule has 0 unspecified atom stereocenters. The van der Waals surface area contributed by atoms with Crippen LogP contribution in [0.2, 0.25) is 0 Å². The molecule has 4 rings (SSSR count). The third kappa shape index (κ3) is 3.91. The summed E-state index contributed by atoms with van der Waals surface area (Å²) in [6.07, 6.45) is 0. The van der Waals surface area contributed by atoms with Crippen molar-refractivity contribution in [1.82, 2.24) is 19.6 Å². The van der Waals surface area contributed by atoms with Crippen molar-refractivity contribution in [2.24, 2.45) is 4.40 Å². The molecule has 9 heteroatoms. The second-order valence-corrected chi connectivity index (χ2v) is 9.46. The van der Waals surface area contributed by atoms with Gasteiger partial charge in [-0.3, -0.25) is 4.79 Å². The van der Waals surface area contributed by atoms with Gasteiger partial charge in [0.15, 0.2) is 5.84 Å². The van der Waals surface area contributed by atoms with Crippen molar-refractivity contribution in [2.75, 3.05) is 20.6 Å². The van der Waals surface area contributed by atoms with Crippen LogP contribution in [0.15, 0.2) is 63.9 Å². The summed E-state index contributed by atoms with van der Waals surface area (Å²) in [7, 11) is -0.324. The van der Waals surface area contributed by atoms with Crippen LogP contribution in [0.4, 0.5) is 0 Å². The third-order valence-corrected chi connectivity index (χ3v) is 6.93. The lowest BCUT2D eigenvalue weighted by Crippen LogP contribution is -2.39. The second kappa shape index (κ2) is 8.23. The number of carbonyl (C=O) groups excluding carboxylic acids is 1. The molecule has 0 radical (unpaired) electrons. The van der Waals surface area contributed by atoms with E-state index in [0.717, 1.165) is 22.6 Å². The van der Waals surface area contributed by atoms with E-state index < -0.39 is 10.0 Å². The highest BCUT2D eigenvalue weighted by atomic mass is 32.2. The number of aryl methyl sites for hydroxylation is 1. The number of amides is 1. The number of sulfonamides is 1. The molecule has 0 spiro atoms. The smallest absolute Gasteiger partial charge is 0.285 e. The van der Waals surface area contributed by atoms with Gasteiger partial charge in [0.1, 0.15) is 4.90 Å². The zero-order chi connectivity index (χ0) is 23.0. The maximum absolute atomic E-state index is 12.9. The molecule has 166 valence electrons. The van der Waals surface area contributed by atoms with Gasteiger partial charge in [-0.2, -0.15) is 13.5 Å². The standard InChI is InChI=1S/C23H25N5O3S/c1-16-20(17(2)28(24-16)18-10-6-5-7-11-18)14-26(3)22(29)15-27(4)23-19-12-8-9-13-21(19)32(30,31)25-23/h5-13H,14-15H2,1-4H3. The molecule has 2 heterocycles. The predicted octanol–water partition coefficient (Wildman–Crippen LogP) is 2.53. The average molecular weight is 452 g/mol. The molecular formula is C23H25N5O3S. The Morgan fingerprint density at radius 2 is 1.66 bits per heavy atom. The topological polar surface area (TPSA) is 87.9 Å². The summed E-state index contributed by atoms with van der Waals surface area (Å²) in [6.45, 7) is 4.33. The fourth-order valence-electron chi connectivity index (χ4n) is 3.81. The minimum Gasteiger partial charge on any atom is -0.349 e. The zero-order valence-electron chi connectivity index (χ0n) is 18.5. The lowest BCUT2D eigenvalue weighted by Gasteiger charge is -2.23. The monoisotopic (exact) mass is 451 g/mol. The molecule has 1 aromatic heterocycles. The number of nitrogens with zero attached hydrogens (tertiary/aromatic N) is 5. The zero-order valence-corrected chi connectivity index (χ0v) is 19.3. The molecule has 2 aromatic carbocycles. The number of carbonyl (C=O) groups is 1. The van der Waals surface area contributed by atoms with Crippen LogP contribution in [-0.2, 0) is 21.4 Å². The highest BCUT2D eigenvalue weighted by Gasteiger charge is 2.31. The van der Waals surface area contributed by atoms with E-state index in [9.17, 15) is 13.2 Å². The highest BCUT2D eigenvalue weighted by Crippen LogP contribution is 2.27. The van der Waals surface area contributed by atoms with Gasteiger partial charge in [0.25, 0.3) is 10.0 Å². The quantitative estimate of drug-likeness (QED) is 0.595. The summed E-state index contributed by atoms with van der Waals surface area (Å²) >= 11 is 0. The van der Waals surface area contributed by atoms with Gasteiger partial charge in [-0.25, -0.2) is 4.68 Å². The van der Waals surface area contributed by atoms with Crippen molar-refractivity contribution in [3.63, 3.8) is 0 Å². The van der Waals surface area contributed by atoms with Crippen LogP contribution < -0.4 is 0 Å². The Bertz CT molecular complexity index is 1310. The Morgan fingerprint density at radius 3 is 2.38 bits per heavy atom. The van der Waals surface area contributed by atoms with E-state index >= 15 is 0 Å². The molecule has 0 aliphatic carbocycles. The fraction of sp³-hybridized carbons (Fsp3) is 0.261. The number of fused-ring (bicyclic) bond motifs is 1. The normalized spacial score (nSPS) is 14.1.